The van der Waals surface area contributed by atoms with Gasteiger partial charge in [-0.2, -0.15) is 0 Å². The molecule has 216 valence electrons. The number of anilines is 1. The molecule has 0 bridgehead atoms. The molecule has 4 N–H and O–H groups in total. The predicted molar refractivity (Wildman–Crippen MR) is 156 cm³/mol. The van der Waals surface area contributed by atoms with Crippen molar-refractivity contribution in [3.8, 4) is 0 Å². The van der Waals surface area contributed by atoms with Crippen LogP contribution in [0.3, 0.4) is 0 Å². The fourth-order valence-corrected chi connectivity index (χ4v) is 4.79. The first-order valence-corrected chi connectivity index (χ1v) is 14.2. The summed E-state index contributed by atoms with van der Waals surface area (Å²) < 4.78 is 5.19. The van der Waals surface area contributed by atoms with E-state index in [0.717, 1.165) is 31.5 Å². The zero-order valence-corrected chi connectivity index (χ0v) is 24.5. The highest BCUT2D eigenvalue weighted by Gasteiger charge is 2.33. The van der Waals surface area contributed by atoms with Crippen LogP contribution in [0.5, 0.6) is 0 Å². The number of hydrogen-bond donors (Lipinski definition) is 4. The second-order valence-corrected chi connectivity index (χ2v) is 11.9. The van der Waals surface area contributed by atoms with Crippen LogP contribution in [-0.4, -0.2) is 84.4 Å². The van der Waals surface area contributed by atoms with Crippen LogP contribution >= 0.6 is 0 Å². The number of hydrogen-bond acceptors (Lipinski definition) is 8. The molecule has 39 heavy (non-hydrogen) atoms. The Morgan fingerprint density at radius 1 is 1.23 bits per heavy atom. The Morgan fingerprint density at radius 3 is 2.64 bits per heavy atom. The Labute approximate surface area is 234 Å². The van der Waals surface area contributed by atoms with Gasteiger partial charge < -0.3 is 30.7 Å². The zero-order valence-electron chi connectivity index (χ0n) is 24.5. The Kier molecular flexibility index (Phi) is 11.7. The van der Waals surface area contributed by atoms with Gasteiger partial charge in [0.25, 0.3) is 5.91 Å². The number of piperidine rings is 1. The number of aliphatic hydroxyl groups is 1. The first-order valence-electron chi connectivity index (χ1n) is 14.2. The molecule has 1 saturated heterocycles. The van der Waals surface area contributed by atoms with Crippen molar-refractivity contribution in [3.05, 3.63) is 53.5 Å². The van der Waals surface area contributed by atoms with Crippen molar-refractivity contribution in [2.75, 3.05) is 51.8 Å². The van der Waals surface area contributed by atoms with Gasteiger partial charge in [0.2, 0.25) is 0 Å². The van der Waals surface area contributed by atoms with Crippen molar-refractivity contribution < 1.29 is 14.6 Å². The molecule has 1 aliphatic rings. The average Bonchev–Trinajstić information content (AvgIpc) is 2.92. The molecule has 1 aromatic carbocycles. The van der Waals surface area contributed by atoms with Crippen molar-refractivity contribution in [1.82, 2.24) is 25.5 Å². The Hall–Kier alpha value is -2.59. The topological polar surface area (TPSA) is 112 Å². The molecule has 2 heterocycles. The average molecular weight is 541 g/mol. The molecule has 9 heteroatoms. The second kappa shape index (κ2) is 14.7. The fourth-order valence-electron chi connectivity index (χ4n) is 4.79. The van der Waals surface area contributed by atoms with Crippen molar-refractivity contribution in [3.63, 3.8) is 0 Å². The number of carbonyl (C=O) groups is 1. The van der Waals surface area contributed by atoms with Gasteiger partial charge in [-0.25, -0.2) is 9.97 Å². The lowest BCUT2D eigenvalue weighted by Crippen LogP contribution is -2.57. The van der Waals surface area contributed by atoms with Crippen LogP contribution < -0.4 is 16.0 Å². The van der Waals surface area contributed by atoms with Crippen LogP contribution in [0.15, 0.2) is 36.5 Å². The molecule has 9 nitrogen and oxygen atoms in total. The Bertz CT molecular complexity index is 1030. The number of amides is 1. The molecular formula is C30H48N6O3. The Balaban J connectivity index is 1.77. The molecule has 1 unspecified atom stereocenters. The third kappa shape index (κ3) is 9.24. The molecule has 1 amide bonds. The molecule has 2 aromatic rings. The molecule has 1 fully saturated rings. The van der Waals surface area contributed by atoms with E-state index in [1.807, 2.05) is 35.2 Å². The van der Waals surface area contributed by atoms with Gasteiger partial charge in [-0.1, -0.05) is 65.0 Å². The first-order chi connectivity index (χ1) is 18.6. The molecule has 0 saturated carbocycles. The van der Waals surface area contributed by atoms with Gasteiger partial charge in [-0.15, -0.1) is 0 Å². The number of aromatic nitrogens is 2. The summed E-state index contributed by atoms with van der Waals surface area (Å²) >= 11 is 0. The van der Waals surface area contributed by atoms with Crippen LogP contribution in [0.2, 0.25) is 0 Å². The quantitative estimate of drug-likeness (QED) is 0.286. The number of carbonyl (C=O) groups excluding carboxylic acids is 1. The summed E-state index contributed by atoms with van der Waals surface area (Å²) in [6.45, 7) is 14.3. The van der Waals surface area contributed by atoms with E-state index in [1.54, 1.807) is 13.3 Å². The van der Waals surface area contributed by atoms with E-state index in [1.165, 1.54) is 0 Å². The maximum Gasteiger partial charge on any atom is 0.259 e. The molecule has 0 aliphatic carbocycles. The monoisotopic (exact) mass is 540 g/mol. The fraction of sp³-hybridized carbons (Fsp3) is 0.633. The number of nitrogens with one attached hydrogen (secondary N) is 3. The summed E-state index contributed by atoms with van der Waals surface area (Å²) in [4.78, 5) is 25.5. The van der Waals surface area contributed by atoms with Crippen LogP contribution in [-0.2, 0) is 10.2 Å². The van der Waals surface area contributed by atoms with Crippen molar-refractivity contribution in [1.29, 1.82) is 0 Å². The third-order valence-corrected chi connectivity index (χ3v) is 6.88. The van der Waals surface area contributed by atoms with E-state index in [0.29, 0.717) is 49.4 Å². The summed E-state index contributed by atoms with van der Waals surface area (Å²) in [7, 11) is 1.68. The minimum atomic E-state index is -0.579. The SMILES string of the molecule is COCCCNc1nc(C(C)(C)C)ncc1C(=O)N(CC(C)C)[C@@H]1CNC[C@H](NCC(O)c2ccccc2)C1. The highest BCUT2D eigenvalue weighted by Crippen LogP contribution is 2.25. The summed E-state index contributed by atoms with van der Waals surface area (Å²) in [6.07, 6.45) is 2.71. The van der Waals surface area contributed by atoms with E-state index in [9.17, 15) is 9.90 Å². The zero-order chi connectivity index (χ0) is 28.4. The van der Waals surface area contributed by atoms with Gasteiger partial charge in [0, 0.05) is 70.1 Å². The van der Waals surface area contributed by atoms with Crippen molar-refractivity contribution >= 4 is 11.7 Å². The van der Waals surface area contributed by atoms with Gasteiger partial charge in [0.1, 0.15) is 17.2 Å². The molecule has 1 aromatic heterocycles. The number of ether oxygens (including phenoxy) is 1. The van der Waals surface area contributed by atoms with Gasteiger partial charge in [-0.05, 0) is 24.3 Å². The largest absolute Gasteiger partial charge is 0.387 e. The smallest absolute Gasteiger partial charge is 0.259 e. The lowest BCUT2D eigenvalue weighted by molar-refractivity contribution is 0.0596. The maximum atomic E-state index is 14.1. The molecule has 0 spiro atoms. The number of nitrogens with zero attached hydrogens (tertiary/aromatic N) is 3. The standard InChI is InChI=1S/C30H48N6O3/c1-21(2)20-36(24-15-23(16-31-17-24)33-19-26(37)22-11-8-7-9-12-22)28(38)25-18-34-29(30(3,4)5)35-27(25)32-13-10-14-39-6/h7-9,11-12,18,21,23-24,26,31,33,37H,10,13-17,19-20H2,1-6H3,(H,32,34,35)/t23-,24+,26?/m1/s1. The van der Waals surface area contributed by atoms with Crippen molar-refractivity contribution in [2.45, 2.75) is 71.1 Å². The number of methoxy groups -OCH3 is 1. The summed E-state index contributed by atoms with van der Waals surface area (Å²) in [5.41, 5.74) is 1.15. The van der Waals surface area contributed by atoms with E-state index in [-0.39, 0.29) is 23.4 Å². The van der Waals surface area contributed by atoms with E-state index in [4.69, 9.17) is 9.72 Å². The first kappa shape index (κ1) is 30.9. The minimum absolute atomic E-state index is 0.00338. The second-order valence-electron chi connectivity index (χ2n) is 11.9. The van der Waals surface area contributed by atoms with Gasteiger partial charge in [0.15, 0.2) is 0 Å². The van der Waals surface area contributed by atoms with Crippen LogP contribution in [0.1, 0.15) is 75.3 Å². The molecule has 1 aliphatic heterocycles. The number of aliphatic hydroxyl groups excluding tert-OH is 1. The van der Waals surface area contributed by atoms with E-state index < -0.39 is 6.10 Å². The van der Waals surface area contributed by atoms with Crippen molar-refractivity contribution in [2.24, 2.45) is 5.92 Å². The molecule has 3 atom stereocenters. The van der Waals surface area contributed by atoms with Gasteiger partial charge in [-0.3, -0.25) is 4.79 Å². The molecule has 0 radical (unpaired) electrons. The lowest BCUT2D eigenvalue weighted by Gasteiger charge is -2.39. The molecule has 3 rings (SSSR count). The van der Waals surface area contributed by atoms with Gasteiger partial charge >= 0.3 is 0 Å². The summed E-state index contributed by atoms with van der Waals surface area (Å²) in [6, 6.07) is 9.83. The number of benzene rings is 1. The Morgan fingerprint density at radius 2 is 1.97 bits per heavy atom. The van der Waals surface area contributed by atoms with Crippen LogP contribution in [0.4, 0.5) is 5.82 Å². The van der Waals surface area contributed by atoms with E-state index in [2.05, 4.69) is 55.6 Å². The van der Waals surface area contributed by atoms with Gasteiger partial charge in [0.05, 0.1) is 6.10 Å². The highest BCUT2D eigenvalue weighted by molar-refractivity contribution is 5.98. The highest BCUT2D eigenvalue weighted by atomic mass is 16.5. The third-order valence-electron chi connectivity index (χ3n) is 6.88. The van der Waals surface area contributed by atoms with Crippen LogP contribution in [0.25, 0.3) is 0 Å². The maximum absolute atomic E-state index is 14.1. The summed E-state index contributed by atoms with van der Waals surface area (Å²) in [5, 5.41) is 21.0. The molecular weight excluding hydrogens is 492 g/mol. The lowest BCUT2D eigenvalue weighted by atomic mass is 9.95. The van der Waals surface area contributed by atoms with E-state index >= 15 is 0 Å². The number of rotatable bonds is 13. The normalized spacial score (nSPS) is 18.7. The predicted octanol–water partition coefficient (Wildman–Crippen LogP) is 3.37. The summed E-state index contributed by atoms with van der Waals surface area (Å²) in [5.74, 6) is 1.52. The minimum Gasteiger partial charge on any atom is -0.387 e. The van der Waals surface area contributed by atoms with Crippen LogP contribution in [0, 0.1) is 5.92 Å².